The van der Waals surface area contributed by atoms with E-state index in [1.54, 1.807) is 13.2 Å². The molecule has 70 valence electrons. The molecule has 0 aliphatic carbocycles. The topological polar surface area (TPSA) is 25.4 Å². The van der Waals surface area contributed by atoms with Crippen LogP contribution in [0.1, 0.15) is 0 Å². The molecule has 3 nitrogen and oxygen atoms in total. The Morgan fingerprint density at radius 1 is 1.54 bits per heavy atom. The van der Waals surface area contributed by atoms with Crippen LogP contribution in [0.2, 0.25) is 5.15 Å². The Hall–Kier alpha value is -0.800. The van der Waals surface area contributed by atoms with Gasteiger partial charge in [0.25, 0.3) is 0 Å². The Balaban J connectivity index is 2.03. The quantitative estimate of drug-likeness (QED) is 0.675. The maximum Gasteiger partial charge on any atom is 0.131 e. The third-order valence-corrected chi connectivity index (χ3v) is 2.42. The lowest BCUT2D eigenvalue weighted by Crippen LogP contribution is -2.52. The number of nitrogens with zero attached hydrogens (tertiary/aromatic N) is 2. The molecule has 1 fully saturated rings. The minimum absolute atomic E-state index is 0.348. The second kappa shape index (κ2) is 3.52. The molecule has 1 aromatic rings. The maximum absolute atomic E-state index is 5.77. The third-order valence-electron chi connectivity index (χ3n) is 2.21. The number of anilines is 1. The molecule has 1 aliphatic rings. The second-order valence-corrected chi connectivity index (χ2v) is 3.47. The van der Waals surface area contributed by atoms with Crippen molar-refractivity contribution in [3.8, 4) is 0 Å². The lowest BCUT2D eigenvalue weighted by atomic mass is 10.1. The van der Waals surface area contributed by atoms with Gasteiger partial charge in [-0.1, -0.05) is 17.7 Å². The highest BCUT2D eigenvalue weighted by Crippen LogP contribution is 2.21. The van der Waals surface area contributed by atoms with E-state index in [-0.39, 0.29) is 0 Å². The first-order chi connectivity index (χ1) is 6.29. The molecule has 0 unspecified atom stereocenters. The highest BCUT2D eigenvalue weighted by Gasteiger charge is 2.27. The summed E-state index contributed by atoms with van der Waals surface area (Å²) in [6, 6.07) is 5.64. The van der Waals surface area contributed by atoms with Gasteiger partial charge in [-0.15, -0.1) is 0 Å². The number of hydrogen-bond donors (Lipinski definition) is 0. The van der Waals surface area contributed by atoms with Gasteiger partial charge in [0.1, 0.15) is 11.0 Å². The predicted octanol–water partition coefficient (Wildman–Crippen LogP) is 1.57. The summed E-state index contributed by atoms with van der Waals surface area (Å²) >= 11 is 5.77. The van der Waals surface area contributed by atoms with Gasteiger partial charge < -0.3 is 9.64 Å². The molecule has 0 amide bonds. The number of methoxy groups -OCH3 is 1. The highest BCUT2D eigenvalue weighted by atomic mass is 35.5. The fourth-order valence-electron chi connectivity index (χ4n) is 1.35. The molecule has 0 spiro atoms. The van der Waals surface area contributed by atoms with Crippen LogP contribution in [0.4, 0.5) is 5.82 Å². The zero-order valence-electron chi connectivity index (χ0n) is 7.40. The van der Waals surface area contributed by atoms with E-state index in [0.29, 0.717) is 11.3 Å². The standard InChI is InChI=1S/C9H11ClN2O/c1-13-7-5-12(6-7)9-4-2-3-8(10)11-9/h2-4,7H,5-6H2,1H3. The summed E-state index contributed by atoms with van der Waals surface area (Å²) in [5, 5.41) is 0.540. The molecule has 2 rings (SSSR count). The van der Waals surface area contributed by atoms with E-state index < -0.39 is 0 Å². The van der Waals surface area contributed by atoms with E-state index in [4.69, 9.17) is 16.3 Å². The number of rotatable bonds is 2. The van der Waals surface area contributed by atoms with Gasteiger partial charge in [-0.05, 0) is 12.1 Å². The van der Waals surface area contributed by atoms with Crippen LogP contribution in [0.5, 0.6) is 0 Å². The summed E-state index contributed by atoms with van der Waals surface area (Å²) in [6.45, 7) is 1.81. The fraction of sp³-hybridized carbons (Fsp3) is 0.444. The van der Waals surface area contributed by atoms with Crippen molar-refractivity contribution in [3.63, 3.8) is 0 Å². The number of halogens is 1. The average Bonchev–Trinajstić information content (AvgIpc) is 2.02. The largest absolute Gasteiger partial charge is 0.378 e. The molecule has 13 heavy (non-hydrogen) atoms. The van der Waals surface area contributed by atoms with Crippen LogP contribution in [0, 0.1) is 0 Å². The molecule has 2 heterocycles. The average molecular weight is 199 g/mol. The Morgan fingerprint density at radius 2 is 2.31 bits per heavy atom. The first kappa shape index (κ1) is 8.78. The van der Waals surface area contributed by atoms with Crippen molar-refractivity contribution < 1.29 is 4.74 Å². The lowest BCUT2D eigenvalue weighted by Gasteiger charge is -2.38. The van der Waals surface area contributed by atoms with Crippen molar-refractivity contribution in [2.24, 2.45) is 0 Å². The van der Waals surface area contributed by atoms with Crippen molar-refractivity contribution in [1.82, 2.24) is 4.98 Å². The summed E-state index contributed by atoms with van der Waals surface area (Å²) in [4.78, 5) is 6.34. The van der Waals surface area contributed by atoms with E-state index in [2.05, 4.69) is 9.88 Å². The number of ether oxygens (including phenoxy) is 1. The first-order valence-corrected chi connectivity index (χ1v) is 4.57. The number of aromatic nitrogens is 1. The van der Waals surface area contributed by atoms with Crippen LogP contribution in [-0.2, 0) is 4.74 Å². The lowest BCUT2D eigenvalue weighted by molar-refractivity contribution is 0.0783. The first-order valence-electron chi connectivity index (χ1n) is 4.20. The van der Waals surface area contributed by atoms with Crippen molar-refractivity contribution >= 4 is 17.4 Å². The summed E-state index contributed by atoms with van der Waals surface area (Å²) in [5.74, 6) is 0.931. The van der Waals surface area contributed by atoms with Crippen LogP contribution in [0.3, 0.4) is 0 Å². The van der Waals surface area contributed by atoms with Gasteiger partial charge in [0.05, 0.1) is 6.10 Å². The van der Waals surface area contributed by atoms with Gasteiger partial charge in [-0.2, -0.15) is 0 Å². The van der Waals surface area contributed by atoms with Crippen molar-refractivity contribution in [3.05, 3.63) is 23.4 Å². The van der Waals surface area contributed by atoms with Crippen LogP contribution in [0.15, 0.2) is 18.2 Å². The second-order valence-electron chi connectivity index (χ2n) is 3.08. The molecule has 0 aromatic carbocycles. The summed E-state index contributed by atoms with van der Waals surface area (Å²) in [6.07, 6.45) is 0.348. The Labute approximate surface area is 82.3 Å². The molecule has 0 N–H and O–H groups in total. The summed E-state index contributed by atoms with van der Waals surface area (Å²) < 4.78 is 5.17. The van der Waals surface area contributed by atoms with Crippen LogP contribution in [-0.4, -0.2) is 31.3 Å². The Kier molecular flexibility index (Phi) is 2.38. The van der Waals surface area contributed by atoms with Crippen LogP contribution >= 0.6 is 11.6 Å². The van der Waals surface area contributed by atoms with Crippen molar-refractivity contribution in [1.29, 1.82) is 0 Å². The molecule has 0 bridgehead atoms. The third kappa shape index (κ3) is 1.76. The summed E-state index contributed by atoms with van der Waals surface area (Å²) in [7, 11) is 1.73. The van der Waals surface area contributed by atoms with Crippen LogP contribution in [0.25, 0.3) is 0 Å². The molecule has 1 aromatic heterocycles. The van der Waals surface area contributed by atoms with E-state index in [1.807, 2.05) is 12.1 Å². The van der Waals surface area contributed by atoms with Gasteiger partial charge in [-0.25, -0.2) is 4.98 Å². The molecule has 0 saturated carbocycles. The summed E-state index contributed by atoms with van der Waals surface area (Å²) in [5.41, 5.74) is 0. The molecule has 0 atom stereocenters. The molecular weight excluding hydrogens is 188 g/mol. The van der Waals surface area contributed by atoms with Gasteiger partial charge in [0.15, 0.2) is 0 Å². The molecule has 0 radical (unpaired) electrons. The molecule has 1 aliphatic heterocycles. The van der Waals surface area contributed by atoms with Gasteiger partial charge >= 0.3 is 0 Å². The monoisotopic (exact) mass is 198 g/mol. The predicted molar refractivity (Wildman–Crippen MR) is 52.3 cm³/mol. The minimum Gasteiger partial charge on any atom is -0.378 e. The maximum atomic E-state index is 5.77. The van der Waals surface area contributed by atoms with Crippen molar-refractivity contribution in [2.75, 3.05) is 25.1 Å². The van der Waals surface area contributed by atoms with E-state index in [1.165, 1.54) is 0 Å². The smallest absolute Gasteiger partial charge is 0.131 e. The van der Waals surface area contributed by atoms with E-state index in [9.17, 15) is 0 Å². The molecular formula is C9H11ClN2O. The Morgan fingerprint density at radius 3 is 2.92 bits per heavy atom. The van der Waals surface area contributed by atoms with E-state index >= 15 is 0 Å². The molecule has 4 heteroatoms. The zero-order valence-corrected chi connectivity index (χ0v) is 8.16. The number of hydrogen-bond acceptors (Lipinski definition) is 3. The zero-order chi connectivity index (χ0) is 9.26. The SMILES string of the molecule is COC1CN(c2cccc(Cl)n2)C1. The molecule has 1 saturated heterocycles. The highest BCUT2D eigenvalue weighted by molar-refractivity contribution is 6.29. The normalized spacial score (nSPS) is 17.2. The Bertz CT molecular complexity index is 299. The van der Waals surface area contributed by atoms with Crippen molar-refractivity contribution in [2.45, 2.75) is 6.10 Å². The van der Waals surface area contributed by atoms with Gasteiger partial charge in [0.2, 0.25) is 0 Å². The number of pyridine rings is 1. The van der Waals surface area contributed by atoms with Gasteiger partial charge in [-0.3, -0.25) is 0 Å². The van der Waals surface area contributed by atoms with Crippen LogP contribution < -0.4 is 4.90 Å². The van der Waals surface area contributed by atoms with E-state index in [0.717, 1.165) is 18.9 Å². The van der Waals surface area contributed by atoms with Gasteiger partial charge in [0, 0.05) is 20.2 Å². The minimum atomic E-state index is 0.348. The fourth-order valence-corrected chi connectivity index (χ4v) is 1.51.